The maximum absolute atomic E-state index is 12.9. The molecule has 1 saturated heterocycles. The number of aryl methyl sites for hydroxylation is 1. The van der Waals surface area contributed by atoms with Gasteiger partial charge in [-0.1, -0.05) is 18.2 Å². The van der Waals surface area contributed by atoms with Crippen molar-refractivity contribution in [1.82, 2.24) is 9.88 Å². The van der Waals surface area contributed by atoms with Gasteiger partial charge in [0, 0.05) is 30.9 Å². The van der Waals surface area contributed by atoms with E-state index < -0.39 is 0 Å². The molecule has 0 bridgehead atoms. The van der Waals surface area contributed by atoms with Crippen LogP contribution in [0.1, 0.15) is 30.4 Å². The van der Waals surface area contributed by atoms with Gasteiger partial charge in [-0.05, 0) is 67.8 Å². The van der Waals surface area contributed by atoms with E-state index >= 15 is 0 Å². The summed E-state index contributed by atoms with van der Waals surface area (Å²) in [5, 5.41) is 12.2. The molecule has 8 heteroatoms. The Bertz CT molecular complexity index is 1250. The average molecular weight is 485 g/mol. The minimum absolute atomic E-state index is 0.0451. The number of ether oxygens (including phenoxy) is 2. The second kappa shape index (κ2) is 11.8. The highest BCUT2D eigenvalue weighted by Crippen LogP contribution is 2.28. The summed E-state index contributed by atoms with van der Waals surface area (Å²) in [6.45, 7) is 3.32. The highest BCUT2D eigenvalue weighted by atomic mass is 16.5. The van der Waals surface area contributed by atoms with Gasteiger partial charge in [0.2, 0.25) is 17.7 Å². The first-order valence-electron chi connectivity index (χ1n) is 11.9. The molecule has 0 atom stereocenters. The van der Waals surface area contributed by atoms with Gasteiger partial charge >= 0.3 is 0 Å². The highest BCUT2D eigenvalue weighted by Gasteiger charge is 2.27. The van der Waals surface area contributed by atoms with Gasteiger partial charge in [-0.25, -0.2) is 4.98 Å². The Kier molecular flexibility index (Phi) is 8.14. The molecular formula is C28H28N4O4. The average Bonchev–Trinajstić information content (AvgIpc) is 2.91. The van der Waals surface area contributed by atoms with Crippen LogP contribution < -0.4 is 14.8 Å². The van der Waals surface area contributed by atoms with E-state index in [1.54, 1.807) is 36.5 Å². The van der Waals surface area contributed by atoms with Crippen molar-refractivity contribution < 1.29 is 19.1 Å². The molecule has 2 amide bonds. The predicted molar refractivity (Wildman–Crippen MR) is 135 cm³/mol. The van der Waals surface area contributed by atoms with E-state index in [1.807, 2.05) is 42.2 Å². The third-order valence-corrected chi connectivity index (χ3v) is 6.11. The third-order valence-electron chi connectivity index (χ3n) is 6.11. The molecule has 0 unspecified atom stereocenters. The summed E-state index contributed by atoms with van der Waals surface area (Å²) in [6.07, 6.45) is 3.12. The molecule has 4 rings (SSSR count). The minimum Gasteiger partial charge on any atom is -0.493 e. The van der Waals surface area contributed by atoms with E-state index in [0.29, 0.717) is 56.0 Å². The molecule has 0 saturated carbocycles. The van der Waals surface area contributed by atoms with Crippen LogP contribution in [0, 0.1) is 24.2 Å². The van der Waals surface area contributed by atoms with Crippen molar-refractivity contribution >= 4 is 17.5 Å². The summed E-state index contributed by atoms with van der Waals surface area (Å²) in [4.78, 5) is 31.3. The van der Waals surface area contributed by atoms with Crippen LogP contribution in [0.2, 0.25) is 0 Å². The lowest BCUT2D eigenvalue weighted by molar-refractivity contribution is -0.135. The van der Waals surface area contributed by atoms with Gasteiger partial charge in [-0.3, -0.25) is 9.59 Å². The topological polar surface area (TPSA) is 105 Å². The van der Waals surface area contributed by atoms with Gasteiger partial charge in [0.1, 0.15) is 23.1 Å². The second-order valence-corrected chi connectivity index (χ2v) is 8.60. The standard InChI is InChI=1S/C28H28N4O4/c1-20-18-24(36-28-22(19-29)6-5-14-30-28)9-10-25(20)31-27(34)21-11-15-32(16-12-21)26(33)13-17-35-23-7-3-2-4-8-23/h2-10,14,18,21H,11-13,15-17H2,1H3,(H,31,34). The third kappa shape index (κ3) is 6.39. The monoisotopic (exact) mass is 484 g/mol. The SMILES string of the molecule is Cc1cc(Oc2ncccc2C#N)ccc1NC(=O)C1CCN(C(=O)CCOc2ccccc2)CC1. The first kappa shape index (κ1) is 24.7. The Morgan fingerprint density at radius 2 is 1.86 bits per heavy atom. The fourth-order valence-electron chi connectivity index (χ4n) is 4.07. The van der Waals surface area contributed by atoms with Crippen molar-refractivity contribution in [1.29, 1.82) is 5.26 Å². The van der Waals surface area contributed by atoms with Crippen molar-refractivity contribution in [2.45, 2.75) is 26.2 Å². The molecule has 1 aliphatic heterocycles. The molecule has 1 aromatic heterocycles. The fraction of sp³-hybridized carbons (Fsp3) is 0.286. The number of amides is 2. The molecule has 36 heavy (non-hydrogen) atoms. The number of pyridine rings is 1. The molecule has 1 fully saturated rings. The summed E-state index contributed by atoms with van der Waals surface area (Å²) in [6, 6.07) is 20.1. The lowest BCUT2D eigenvalue weighted by atomic mass is 9.95. The summed E-state index contributed by atoms with van der Waals surface area (Å²) in [5.74, 6) is 1.36. The smallest absolute Gasteiger partial charge is 0.237 e. The normalized spacial score (nSPS) is 13.5. The van der Waals surface area contributed by atoms with Crippen LogP contribution in [0.3, 0.4) is 0 Å². The van der Waals surface area contributed by atoms with E-state index in [1.165, 1.54) is 0 Å². The van der Waals surface area contributed by atoms with Crippen LogP contribution in [-0.4, -0.2) is 41.4 Å². The zero-order chi connectivity index (χ0) is 25.3. The molecule has 1 aliphatic rings. The number of carbonyl (C=O) groups excluding carboxylic acids is 2. The van der Waals surface area contributed by atoms with Crippen molar-refractivity contribution in [2.24, 2.45) is 5.92 Å². The number of nitrogens with one attached hydrogen (secondary N) is 1. The van der Waals surface area contributed by atoms with E-state index in [0.717, 1.165) is 11.3 Å². The van der Waals surface area contributed by atoms with Crippen molar-refractivity contribution in [3.63, 3.8) is 0 Å². The molecule has 1 N–H and O–H groups in total. The Morgan fingerprint density at radius 1 is 1.08 bits per heavy atom. The maximum Gasteiger partial charge on any atom is 0.237 e. The Hall–Kier alpha value is -4.38. The van der Waals surface area contributed by atoms with Gasteiger partial charge < -0.3 is 19.7 Å². The van der Waals surface area contributed by atoms with Crippen molar-refractivity contribution in [2.75, 3.05) is 25.0 Å². The van der Waals surface area contributed by atoms with E-state index in [4.69, 9.17) is 9.47 Å². The molecule has 3 aromatic rings. The van der Waals surface area contributed by atoms with Gasteiger partial charge in [0.15, 0.2) is 0 Å². The molecule has 2 aromatic carbocycles. The number of piperidine rings is 1. The number of anilines is 1. The zero-order valence-corrected chi connectivity index (χ0v) is 20.1. The van der Waals surface area contributed by atoms with Gasteiger partial charge in [0.25, 0.3) is 0 Å². The predicted octanol–water partition coefficient (Wildman–Crippen LogP) is 4.70. The van der Waals surface area contributed by atoms with E-state index in [9.17, 15) is 14.9 Å². The second-order valence-electron chi connectivity index (χ2n) is 8.60. The summed E-state index contributed by atoms with van der Waals surface area (Å²) in [5.41, 5.74) is 1.88. The molecule has 0 spiro atoms. The number of benzene rings is 2. The fourth-order valence-corrected chi connectivity index (χ4v) is 4.07. The van der Waals surface area contributed by atoms with E-state index in [-0.39, 0.29) is 23.6 Å². The zero-order valence-electron chi connectivity index (χ0n) is 20.1. The summed E-state index contributed by atoms with van der Waals surface area (Å²) < 4.78 is 11.4. The van der Waals surface area contributed by atoms with Crippen LogP contribution in [0.15, 0.2) is 66.9 Å². The number of nitrogens with zero attached hydrogens (tertiary/aromatic N) is 3. The first-order valence-corrected chi connectivity index (χ1v) is 11.9. The van der Waals surface area contributed by atoms with Crippen LogP contribution in [0.25, 0.3) is 0 Å². The molecule has 0 radical (unpaired) electrons. The Labute approximate surface area is 210 Å². The number of hydrogen-bond donors (Lipinski definition) is 1. The molecule has 8 nitrogen and oxygen atoms in total. The maximum atomic E-state index is 12.9. The molecule has 0 aliphatic carbocycles. The van der Waals surface area contributed by atoms with Gasteiger partial charge in [0.05, 0.1) is 13.0 Å². The number of likely N-dealkylation sites (tertiary alicyclic amines) is 1. The van der Waals surface area contributed by atoms with Crippen molar-refractivity contribution in [3.05, 3.63) is 78.0 Å². The Morgan fingerprint density at radius 3 is 2.58 bits per heavy atom. The van der Waals surface area contributed by atoms with Crippen LogP contribution in [0.5, 0.6) is 17.4 Å². The van der Waals surface area contributed by atoms with Crippen LogP contribution >= 0.6 is 0 Å². The lowest BCUT2D eigenvalue weighted by Gasteiger charge is -2.31. The minimum atomic E-state index is -0.156. The number of rotatable bonds is 8. The lowest BCUT2D eigenvalue weighted by Crippen LogP contribution is -2.41. The van der Waals surface area contributed by atoms with Crippen LogP contribution in [0.4, 0.5) is 5.69 Å². The highest BCUT2D eigenvalue weighted by molar-refractivity contribution is 5.93. The van der Waals surface area contributed by atoms with Crippen LogP contribution in [-0.2, 0) is 9.59 Å². The summed E-state index contributed by atoms with van der Waals surface area (Å²) >= 11 is 0. The van der Waals surface area contributed by atoms with Gasteiger partial charge in [-0.15, -0.1) is 0 Å². The number of hydrogen-bond acceptors (Lipinski definition) is 6. The quantitative estimate of drug-likeness (QED) is 0.497. The Balaban J connectivity index is 1.24. The van der Waals surface area contributed by atoms with E-state index in [2.05, 4.69) is 16.4 Å². The van der Waals surface area contributed by atoms with Crippen molar-refractivity contribution in [3.8, 4) is 23.4 Å². The van der Waals surface area contributed by atoms with Gasteiger partial charge in [-0.2, -0.15) is 5.26 Å². The molecule has 184 valence electrons. The first-order chi connectivity index (χ1) is 17.5. The number of aromatic nitrogens is 1. The number of para-hydroxylation sites is 1. The summed E-state index contributed by atoms with van der Waals surface area (Å²) in [7, 11) is 0. The number of carbonyl (C=O) groups is 2. The number of nitriles is 1. The molecular weight excluding hydrogens is 456 g/mol. The largest absolute Gasteiger partial charge is 0.493 e. The molecule has 2 heterocycles.